The van der Waals surface area contributed by atoms with Crippen LogP contribution in [0.5, 0.6) is 0 Å². The molecule has 0 heteroatoms. The van der Waals surface area contributed by atoms with Gasteiger partial charge < -0.3 is 0 Å². The van der Waals surface area contributed by atoms with Crippen molar-refractivity contribution in [2.24, 2.45) is 0 Å². The molecule has 0 saturated heterocycles. The summed E-state index contributed by atoms with van der Waals surface area (Å²) in [5.74, 6) is 0. The van der Waals surface area contributed by atoms with Crippen molar-refractivity contribution in [3.8, 4) is 0 Å². The van der Waals surface area contributed by atoms with Gasteiger partial charge in [-0.05, 0) is 78.6 Å². The molecule has 0 spiro atoms. The Bertz CT molecular complexity index is 661. The molecule has 1 aliphatic rings. The first-order valence-corrected chi connectivity index (χ1v) is 6.96. The number of fused-ring (bicyclic) bond motifs is 1. The fraction of sp³-hybridized carbons (Fsp3) is 0.263. The smallest absolute Gasteiger partial charge is 0.00819 e. The third-order valence-electron chi connectivity index (χ3n) is 4.47. The van der Waals surface area contributed by atoms with E-state index in [1.807, 2.05) is 0 Å². The normalized spacial score (nSPS) is 13.4. The SMILES string of the molecule is Cc1cc(C)c(C)c(C2=CCc3ccccc32)c1C. The molecule has 0 nitrogen and oxygen atoms in total. The van der Waals surface area contributed by atoms with Crippen molar-refractivity contribution < 1.29 is 0 Å². The van der Waals surface area contributed by atoms with Crippen LogP contribution in [-0.2, 0) is 6.42 Å². The fourth-order valence-corrected chi connectivity index (χ4v) is 3.14. The van der Waals surface area contributed by atoms with Gasteiger partial charge in [0.25, 0.3) is 0 Å². The predicted molar refractivity (Wildman–Crippen MR) is 82.6 cm³/mol. The largest absolute Gasteiger partial charge is 0.0716 e. The van der Waals surface area contributed by atoms with Gasteiger partial charge in [-0.15, -0.1) is 0 Å². The Morgan fingerprint density at radius 1 is 0.842 bits per heavy atom. The summed E-state index contributed by atoms with van der Waals surface area (Å²) >= 11 is 0. The molecule has 0 bridgehead atoms. The van der Waals surface area contributed by atoms with Crippen molar-refractivity contribution in [1.29, 1.82) is 0 Å². The third-order valence-corrected chi connectivity index (χ3v) is 4.47. The van der Waals surface area contributed by atoms with E-state index >= 15 is 0 Å². The van der Waals surface area contributed by atoms with Gasteiger partial charge in [0.05, 0.1) is 0 Å². The first-order chi connectivity index (χ1) is 9.09. The van der Waals surface area contributed by atoms with E-state index < -0.39 is 0 Å². The van der Waals surface area contributed by atoms with E-state index in [9.17, 15) is 0 Å². The molecule has 0 fully saturated rings. The molecular formula is C19H20. The van der Waals surface area contributed by atoms with Gasteiger partial charge in [-0.2, -0.15) is 0 Å². The van der Waals surface area contributed by atoms with Gasteiger partial charge in [0.15, 0.2) is 0 Å². The highest BCUT2D eigenvalue weighted by Gasteiger charge is 2.19. The summed E-state index contributed by atoms with van der Waals surface area (Å²) in [5, 5.41) is 0. The molecule has 0 aromatic heterocycles. The number of allylic oxidation sites excluding steroid dienone is 1. The zero-order valence-electron chi connectivity index (χ0n) is 12.2. The number of hydrogen-bond acceptors (Lipinski definition) is 0. The number of rotatable bonds is 1. The molecule has 0 heterocycles. The van der Waals surface area contributed by atoms with Crippen molar-refractivity contribution in [2.45, 2.75) is 34.1 Å². The molecule has 3 rings (SSSR count). The van der Waals surface area contributed by atoms with Gasteiger partial charge >= 0.3 is 0 Å². The molecule has 0 aliphatic heterocycles. The zero-order valence-corrected chi connectivity index (χ0v) is 12.2. The lowest BCUT2D eigenvalue weighted by Crippen LogP contribution is -1.99. The maximum absolute atomic E-state index is 2.39. The summed E-state index contributed by atoms with van der Waals surface area (Å²) in [4.78, 5) is 0. The zero-order chi connectivity index (χ0) is 13.6. The first-order valence-electron chi connectivity index (χ1n) is 6.96. The summed E-state index contributed by atoms with van der Waals surface area (Å²) in [6.07, 6.45) is 3.45. The second-order valence-electron chi connectivity index (χ2n) is 5.61. The Morgan fingerprint density at radius 3 is 2.16 bits per heavy atom. The van der Waals surface area contributed by atoms with Crippen LogP contribution >= 0.6 is 0 Å². The highest BCUT2D eigenvalue weighted by Crippen LogP contribution is 2.37. The topological polar surface area (TPSA) is 0 Å². The van der Waals surface area contributed by atoms with Gasteiger partial charge in [-0.25, -0.2) is 0 Å². The van der Waals surface area contributed by atoms with Crippen LogP contribution in [0.4, 0.5) is 0 Å². The fourth-order valence-electron chi connectivity index (χ4n) is 3.14. The quantitative estimate of drug-likeness (QED) is 0.672. The summed E-state index contributed by atoms with van der Waals surface area (Å²) < 4.78 is 0. The van der Waals surface area contributed by atoms with E-state index in [2.05, 4.69) is 64.1 Å². The van der Waals surface area contributed by atoms with Gasteiger partial charge in [0.2, 0.25) is 0 Å². The average Bonchev–Trinajstić information content (AvgIpc) is 2.81. The minimum Gasteiger partial charge on any atom is -0.0716 e. The summed E-state index contributed by atoms with van der Waals surface area (Å²) in [5.41, 5.74) is 11.4. The minimum atomic E-state index is 1.07. The van der Waals surface area contributed by atoms with Crippen LogP contribution in [0, 0.1) is 27.7 Å². The number of aryl methyl sites for hydroxylation is 2. The first kappa shape index (κ1) is 12.2. The Balaban J connectivity index is 2.26. The molecule has 0 saturated carbocycles. The van der Waals surface area contributed by atoms with E-state index in [-0.39, 0.29) is 0 Å². The lowest BCUT2D eigenvalue weighted by Gasteiger charge is -2.17. The van der Waals surface area contributed by atoms with Crippen LogP contribution in [-0.4, -0.2) is 0 Å². The Labute approximate surface area is 115 Å². The maximum Gasteiger partial charge on any atom is -0.00819 e. The number of hydrogen-bond donors (Lipinski definition) is 0. The highest BCUT2D eigenvalue weighted by atomic mass is 14.2. The van der Waals surface area contributed by atoms with Crippen LogP contribution in [0.25, 0.3) is 5.57 Å². The molecule has 0 radical (unpaired) electrons. The van der Waals surface area contributed by atoms with Crippen LogP contribution in [0.2, 0.25) is 0 Å². The van der Waals surface area contributed by atoms with Crippen molar-refractivity contribution in [3.05, 3.63) is 75.4 Å². The lowest BCUT2D eigenvalue weighted by molar-refractivity contribution is 1.22. The summed E-state index contributed by atoms with van der Waals surface area (Å²) in [6, 6.07) is 11.1. The van der Waals surface area contributed by atoms with Gasteiger partial charge in [0.1, 0.15) is 0 Å². The molecule has 96 valence electrons. The number of benzene rings is 2. The van der Waals surface area contributed by atoms with E-state index in [0.29, 0.717) is 0 Å². The van der Waals surface area contributed by atoms with Crippen molar-refractivity contribution in [1.82, 2.24) is 0 Å². The molecule has 0 unspecified atom stereocenters. The van der Waals surface area contributed by atoms with E-state index in [1.165, 1.54) is 44.5 Å². The Morgan fingerprint density at radius 2 is 1.47 bits per heavy atom. The lowest BCUT2D eigenvalue weighted by atomic mass is 9.87. The molecule has 0 amide bonds. The maximum atomic E-state index is 2.39. The van der Waals surface area contributed by atoms with Gasteiger partial charge in [0, 0.05) is 0 Å². The Kier molecular flexibility index (Phi) is 2.82. The molecule has 0 N–H and O–H groups in total. The molecule has 2 aromatic carbocycles. The monoisotopic (exact) mass is 248 g/mol. The van der Waals surface area contributed by atoms with Crippen LogP contribution in [0.15, 0.2) is 36.4 Å². The molecule has 1 aliphatic carbocycles. The van der Waals surface area contributed by atoms with Crippen molar-refractivity contribution in [3.63, 3.8) is 0 Å². The molecule has 2 aromatic rings. The second-order valence-corrected chi connectivity index (χ2v) is 5.61. The Hall–Kier alpha value is -1.82. The van der Waals surface area contributed by atoms with E-state index in [4.69, 9.17) is 0 Å². The predicted octanol–water partition coefficient (Wildman–Crippen LogP) is 4.91. The molecule has 19 heavy (non-hydrogen) atoms. The van der Waals surface area contributed by atoms with Crippen LogP contribution in [0.3, 0.4) is 0 Å². The average molecular weight is 248 g/mol. The van der Waals surface area contributed by atoms with E-state index in [1.54, 1.807) is 0 Å². The van der Waals surface area contributed by atoms with Crippen molar-refractivity contribution >= 4 is 5.57 Å². The third kappa shape index (κ3) is 1.83. The standard InChI is InChI=1S/C19H20/c1-12-11-13(2)15(4)19(14(12)3)18-10-9-16-7-5-6-8-17(16)18/h5-8,10-11H,9H2,1-4H3. The summed E-state index contributed by atoms with van der Waals surface area (Å²) in [7, 11) is 0. The summed E-state index contributed by atoms with van der Waals surface area (Å²) in [6.45, 7) is 8.93. The van der Waals surface area contributed by atoms with Gasteiger partial charge in [-0.1, -0.05) is 36.4 Å². The second kappa shape index (κ2) is 4.38. The minimum absolute atomic E-state index is 1.07. The highest BCUT2D eigenvalue weighted by molar-refractivity contribution is 5.87. The van der Waals surface area contributed by atoms with Gasteiger partial charge in [-0.3, -0.25) is 0 Å². The molecular weight excluding hydrogens is 228 g/mol. The van der Waals surface area contributed by atoms with Crippen molar-refractivity contribution in [2.75, 3.05) is 0 Å². The van der Waals surface area contributed by atoms with Crippen LogP contribution in [0.1, 0.15) is 38.9 Å². The molecule has 0 atom stereocenters. The van der Waals surface area contributed by atoms with E-state index in [0.717, 1.165) is 6.42 Å². The van der Waals surface area contributed by atoms with Crippen LogP contribution < -0.4 is 0 Å².